The van der Waals surface area contributed by atoms with E-state index < -0.39 is 9.84 Å². The fourth-order valence-corrected chi connectivity index (χ4v) is 1.70. The molecule has 0 spiro atoms. The van der Waals surface area contributed by atoms with E-state index in [4.69, 9.17) is 0 Å². The van der Waals surface area contributed by atoms with Crippen LogP contribution < -0.4 is 18.9 Å². The summed E-state index contributed by atoms with van der Waals surface area (Å²) < 4.78 is 22.8. The average Bonchev–Trinajstić information content (AvgIpc) is 2.16. The van der Waals surface area contributed by atoms with Crippen LogP contribution in [0.5, 0.6) is 0 Å². The van der Waals surface area contributed by atoms with Gasteiger partial charge in [-0.25, -0.2) is 8.42 Å². The number of hydrogen-bond acceptors (Lipinski definition) is 2. The normalized spacial score (nSPS) is 9.50. The molecule has 0 unspecified atom stereocenters. The largest absolute Gasteiger partial charge is 1.00 e. The molecule has 0 bridgehead atoms. The van der Waals surface area contributed by atoms with Crippen LogP contribution in [0.1, 0.15) is 6.92 Å². The fraction of sp³-hybridized carbons (Fsp3) is 0.100. The third-order valence-electron chi connectivity index (χ3n) is 1.39. The molecule has 0 fully saturated rings. The first-order valence-electron chi connectivity index (χ1n) is 3.77. The third kappa shape index (κ3) is 3.57. The first kappa shape index (κ1) is 13.3. The van der Waals surface area contributed by atoms with E-state index in [9.17, 15) is 8.42 Å². The molecule has 0 heterocycles. The minimum absolute atomic E-state index is 0. The van der Waals surface area contributed by atoms with Crippen LogP contribution in [-0.2, 0) is 9.84 Å². The molecule has 0 atom stereocenters. The van der Waals surface area contributed by atoms with Crippen molar-refractivity contribution in [3.05, 3.63) is 47.5 Å². The van der Waals surface area contributed by atoms with E-state index in [2.05, 4.69) is 11.1 Å². The van der Waals surface area contributed by atoms with Crippen LogP contribution in [0, 0.1) is 5.41 Å². The van der Waals surface area contributed by atoms with E-state index >= 15 is 0 Å². The van der Waals surface area contributed by atoms with E-state index in [1.807, 2.05) is 0 Å². The number of benzene rings is 1. The van der Waals surface area contributed by atoms with Gasteiger partial charge in [0.05, 0.1) is 4.90 Å². The van der Waals surface area contributed by atoms with Gasteiger partial charge in [0.25, 0.3) is 0 Å². The Hall–Kier alpha value is -0.713. The monoisotopic (exact) mass is 200 g/mol. The number of hydrogen-bond donors (Lipinski definition) is 0. The van der Waals surface area contributed by atoms with E-state index in [-0.39, 0.29) is 23.8 Å². The van der Waals surface area contributed by atoms with Crippen LogP contribution >= 0.6 is 0 Å². The first-order chi connectivity index (χ1) is 6.17. The van der Waals surface area contributed by atoms with Gasteiger partial charge in [0.1, 0.15) is 9.84 Å². The molecule has 0 aromatic heterocycles. The summed E-state index contributed by atoms with van der Waals surface area (Å²) in [5.74, 6) is 0. The van der Waals surface area contributed by atoms with Crippen molar-refractivity contribution >= 4 is 9.84 Å². The van der Waals surface area contributed by atoms with Gasteiger partial charge in [-0.1, -0.05) is 23.6 Å². The van der Waals surface area contributed by atoms with Gasteiger partial charge in [0, 0.05) is 0 Å². The second-order valence-corrected chi connectivity index (χ2v) is 4.03. The van der Waals surface area contributed by atoms with Crippen molar-refractivity contribution in [2.45, 2.75) is 11.8 Å². The summed E-state index contributed by atoms with van der Waals surface area (Å²) in [7, 11) is -3.41. The number of allylic oxidation sites excluding steroid dienone is 1. The van der Waals surface area contributed by atoms with E-state index in [0.717, 1.165) is 0 Å². The van der Waals surface area contributed by atoms with Crippen molar-refractivity contribution in [3.63, 3.8) is 0 Å². The SMILES string of the molecule is CC=C=[C-]S(=O)(=O)c1ccccc1.[Li+]. The molecule has 0 aliphatic rings. The number of sulfone groups is 1. The van der Waals surface area contributed by atoms with E-state index in [0.29, 0.717) is 0 Å². The molecule has 2 nitrogen and oxygen atoms in total. The summed E-state index contributed by atoms with van der Waals surface area (Å²) in [5.41, 5.74) is 2.42. The summed E-state index contributed by atoms with van der Waals surface area (Å²) in [6, 6.07) is 8.16. The molecule has 0 saturated carbocycles. The molecule has 0 amide bonds. The predicted octanol–water partition coefficient (Wildman–Crippen LogP) is -1.04. The molecular weight excluding hydrogens is 191 g/mol. The van der Waals surface area contributed by atoms with Crippen LogP contribution in [0.25, 0.3) is 0 Å². The summed E-state index contributed by atoms with van der Waals surface area (Å²) >= 11 is 0. The molecular formula is C10H9LiO2S. The maximum absolute atomic E-state index is 11.4. The van der Waals surface area contributed by atoms with Crippen molar-refractivity contribution in [2.75, 3.05) is 0 Å². The van der Waals surface area contributed by atoms with E-state index in [1.165, 1.54) is 18.2 Å². The Morgan fingerprint density at radius 2 is 1.86 bits per heavy atom. The molecule has 14 heavy (non-hydrogen) atoms. The Morgan fingerprint density at radius 1 is 1.29 bits per heavy atom. The van der Waals surface area contributed by atoms with Crippen molar-refractivity contribution in [2.24, 2.45) is 0 Å². The van der Waals surface area contributed by atoms with Crippen molar-refractivity contribution in [1.29, 1.82) is 0 Å². The van der Waals surface area contributed by atoms with Crippen molar-refractivity contribution in [3.8, 4) is 0 Å². The Morgan fingerprint density at radius 3 is 2.36 bits per heavy atom. The van der Waals surface area contributed by atoms with Gasteiger partial charge in [-0.05, 0) is 12.1 Å². The van der Waals surface area contributed by atoms with Gasteiger partial charge in [-0.3, -0.25) is 0 Å². The van der Waals surface area contributed by atoms with Crippen LogP contribution in [0.15, 0.2) is 47.0 Å². The third-order valence-corrected chi connectivity index (χ3v) is 2.67. The molecule has 0 N–H and O–H groups in total. The van der Waals surface area contributed by atoms with Crippen LogP contribution in [0.4, 0.5) is 0 Å². The van der Waals surface area contributed by atoms with Crippen LogP contribution in [-0.4, -0.2) is 8.42 Å². The Balaban J connectivity index is 0.00000169. The standard InChI is InChI=1S/C10H9O2S.Li/c1-2-3-9-13(11,12)10-7-5-4-6-8-10;/h2,4-8H,1H3;/q-1;+1. The van der Waals surface area contributed by atoms with Gasteiger partial charge in [0.15, 0.2) is 0 Å². The molecule has 0 aliphatic heterocycles. The van der Waals surface area contributed by atoms with Gasteiger partial charge in [-0.15, -0.1) is 6.92 Å². The quantitative estimate of drug-likeness (QED) is 0.347. The summed E-state index contributed by atoms with van der Waals surface area (Å²) in [4.78, 5) is 0.240. The molecule has 4 heteroatoms. The topological polar surface area (TPSA) is 34.1 Å². The fourth-order valence-electron chi connectivity index (χ4n) is 0.795. The molecule has 0 radical (unpaired) electrons. The molecule has 0 saturated heterocycles. The Bertz CT molecular complexity index is 428. The van der Waals surface area contributed by atoms with E-state index in [1.54, 1.807) is 25.1 Å². The second-order valence-electron chi connectivity index (χ2n) is 2.35. The average molecular weight is 200 g/mol. The zero-order chi connectivity index (χ0) is 9.73. The van der Waals surface area contributed by atoms with Gasteiger partial charge in [0.2, 0.25) is 0 Å². The van der Waals surface area contributed by atoms with Crippen LogP contribution in [0.3, 0.4) is 0 Å². The zero-order valence-electron chi connectivity index (χ0n) is 8.19. The first-order valence-corrected chi connectivity index (χ1v) is 5.25. The maximum atomic E-state index is 11.4. The molecule has 1 aromatic rings. The summed E-state index contributed by atoms with van der Waals surface area (Å²) in [6.07, 6.45) is 1.50. The second kappa shape index (κ2) is 5.90. The van der Waals surface area contributed by atoms with Crippen molar-refractivity contribution in [1.82, 2.24) is 0 Å². The number of rotatable bonds is 2. The predicted molar refractivity (Wildman–Crippen MR) is 50.6 cm³/mol. The molecule has 1 aromatic carbocycles. The molecule has 68 valence electrons. The zero-order valence-corrected chi connectivity index (χ0v) is 9.01. The minimum Gasteiger partial charge on any atom is -0.319 e. The Kier molecular flexibility index (Phi) is 5.60. The molecule has 1 rings (SSSR count). The Labute approximate surface area is 96.4 Å². The summed E-state index contributed by atoms with van der Waals surface area (Å²) in [5, 5.41) is 2.19. The smallest absolute Gasteiger partial charge is 0.319 e. The van der Waals surface area contributed by atoms with Gasteiger partial charge < -0.3 is 5.73 Å². The van der Waals surface area contributed by atoms with Gasteiger partial charge >= 0.3 is 18.9 Å². The van der Waals surface area contributed by atoms with Gasteiger partial charge in [-0.2, -0.15) is 6.08 Å². The summed E-state index contributed by atoms with van der Waals surface area (Å²) in [6.45, 7) is 1.69. The minimum atomic E-state index is -3.41. The molecule has 0 aliphatic carbocycles. The van der Waals surface area contributed by atoms with Crippen LogP contribution in [0.2, 0.25) is 0 Å². The maximum Gasteiger partial charge on any atom is 1.00 e. The van der Waals surface area contributed by atoms with Crippen molar-refractivity contribution < 1.29 is 27.3 Å².